The van der Waals surface area contributed by atoms with Gasteiger partial charge < -0.3 is 15.0 Å². The molecule has 0 unspecified atom stereocenters. The Kier molecular flexibility index (Phi) is 8.55. The van der Waals surface area contributed by atoms with Crippen molar-refractivity contribution in [1.29, 1.82) is 0 Å². The second-order valence-electron chi connectivity index (χ2n) is 5.44. The highest BCUT2D eigenvalue weighted by Crippen LogP contribution is 2.28. The van der Waals surface area contributed by atoms with Gasteiger partial charge in [-0.3, -0.25) is 0 Å². The number of hydrogen-bond donors (Lipinski definition) is 2. The number of fused-ring (bicyclic) bond motifs is 1. The van der Waals surface area contributed by atoms with Gasteiger partial charge in [0.2, 0.25) is 0 Å². The van der Waals surface area contributed by atoms with Crippen molar-refractivity contribution in [3.05, 3.63) is 22.0 Å². The van der Waals surface area contributed by atoms with E-state index in [2.05, 4.69) is 31.2 Å². The lowest BCUT2D eigenvalue weighted by atomic mass is 9.97. The van der Waals surface area contributed by atoms with Crippen LogP contribution < -0.4 is 5.32 Å². The molecule has 0 spiro atoms. The molecule has 2 atom stereocenters. The highest BCUT2D eigenvalue weighted by atomic mass is 79.9. The van der Waals surface area contributed by atoms with E-state index >= 15 is 0 Å². The van der Waals surface area contributed by atoms with Gasteiger partial charge in [-0.1, -0.05) is 11.6 Å². The standard InChI is InChI=1S/C14H18BrClN4O.2ClH/c15-9-7-18-14-13(12(9)16)19-8-20(14)6-2-3-10-11(21)4-1-5-17-10;;/h7-8,10-11,17,21H,1-6H2;2*1H/t10-,11+;;/m1../s1. The van der Waals surface area contributed by atoms with Gasteiger partial charge in [0.1, 0.15) is 5.52 Å². The summed E-state index contributed by atoms with van der Waals surface area (Å²) in [6, 6.07) is 0.208. The van der Waals surface area contributed by atoms with Gasteiger partial charge in [-0.15, -0.1) is 24.8 Å². The predicted octanol–water partition coefficient (Wildman–Crippen LogP) is 3.58. The topological polar surface area (TPSA) is 63.0 Å². The first-order valence-corrected chi connectivity index (χ1v) is 8.40. The van der Waals surface area contributed by atoms with Crippen LogP contribution >= 0.6 is 52.3 Å². The number of aliphatic hydroxyl groups excluding tert-OH is 1. The molecule has 1 aliphatic rings. The number of halogens is 4. The molecule has 3 heterocycles. The largest absolute Gasteiger partial charge is 0.392 e. The van der Waals surface area contributed by atoms with Gasteiger partial charge >= 0.3 is 0 Å². The summed E-state index contributed by atoms with van der Waals surface area (Å²) in [5, 5.41) is 13.9. The fourth-order valence-corrected chi connectivity index (χ4v) is 3.30. The van der Waals surface area contributed by atoms with Crippen molar-refractivity contribution in [3.8, 4) is 0 Å². The number of rotatable bonds is 4. The summed E-state index contributed by atoms with van der Waals surface area (Å²) in [6.45, 7) is 1.83. The van der Waals surface area contributed by atoms with Gasteiger partial charge in [0.15, 0.2) is 5.65 Å². The van der Waals surface area contributed by atoms with E-state index in [0.717, 1.165) is 54.4 Å². The lowest BCUT2D eigenvalue weighted by molar-refractivity contribution is 0.0909. The third kappa shape index (κ3) is 4.71. The van der Waals surface area contributed by atoms with Crippen molar-refractivity contribution in [1.82, 2.24) is 19.9 Å². The Balaban J connectivity index is 0.00000132. The summed E-state index contributed by atoms with van der Waals surface area (Å²) in [5.41, 5.74) is 1.53. The summed E-state index contributed by atoms with van der Waals surface area (Å²) in [4.78, 5) is 8.72. The van der Waals surface area contributed by atoms with E-state index in [4.69, 9.17) is 11.6 Å². The minimum absolute atomic E-state index is 0. The fourth-order valence-electron chi connectivity index (χ4n) is 2.83. The number of hydrogen-bond acceptors (Lipinski definition) is 4. The van der Waals surface area contributed by atoms with Crippen LogP contribution in [0.2, 0.25) is 5.02 Å². The third-order valence-corrected chi connectivity index (χ3v) is 5.20. The van der Waals surface area contributed by atoms with Crippen LogP contribution in [-0.2, 0) is 6.54 Å². The fraction of sp³-hybridized carbons (Fsp3) is 0.571. The Hall–Kier alpha value is -0.110. The van der Waals surface area contributed by atoms with Crippen molar-refractivity contribution in [3.63, 3.8) is 0 Å². The zero-order valence-electron chi connectivity index (χ0n) is 12.4. The van der Waals surface area contributed by atoms with Gasteiger partial charge in [-0.2, -0.15) is 0 Å². The summed E-state index contributed by atoms with van der Waals surface area (Å²) in [5.74, 6) is 0. The molecule has 0 amide bonds. The highest BCUT2D eigenvalue weighted by molar-refractivity contribution is 9.10. The Bertz CT molecular complexity index is 640. The molecule has 0 radical (unpaired) electrons. The van der Waals surface area contributed by atoms with E-state index in [1.807, 2.05) is 4.57 Å². The average Bonchev–Trinajstić information content (AvgIpc) is 2.89. The zero-order chi connectivity index (χ0) is 14.8. The first-order chi connectivity index (χ1) is 10.2. The number of aryl methyl sites for hydroxylation is 1. The lowest BCUT2D eigenvalue weighted by Gasteiger charge is -2.28. The van der Waals surface area contributed by atoms with Gasteiger partial charge in [0.05, 0.1) is 21.9 Å². The lowest BCUT2D eigenvalue weighted by Crippen LogP contribution is -2.44. The molecular formula is C14H20BrCl3N4O. The smallest absolute Gasteiger partial charge is 0.161 e. The van der Waals surface area contributed by atoms with Crippen LogP contribution in [0.5, 0.6) is 0 Å². The molecule has 130 valence electrons. The quantitative estimate of drug-likeness (QED) is 0.754. The van der Waals surface area contributed by atoms with Gasteiger partial charge in [-0.05, 0) is 48.2 Å². The van der Waals surface area contributed by atoms with E-state index in [0.29, 0.717) is 5.02 Å². The Morgan fingerprint density at radius 3 is 2.91 bits per heavy atom. The van der Waals surface area contributed by atoms with Crippen molar-refractivity contribution < 1.29 is 5.11 Å². The maximum Gasteiger partial charge on any atom is 0.161 e. The van der Waals surface area contributed by atoms with E-state index in [9.17, 15) is 5.11 Å². The predicted molar refractivity (Wildman–Crippen MR) is 101 cm³/mol. The van der Waals surface area contributed by atoms with Crippen molar-refractivity contribution in [2.75, 3.05) is 6.54 Å². The Morgan fingerprint density at radius 1 is 1.39 bits per heavy atom. The second kappa shape index (κ2) is 9.39. The SMILES string of the molecule is Cl.Cl.O[C@H]1CCCN[C@@H]1CCCn1cnc2c(Cl)c(Br)cnc21. The molecule has 1 fully saturated rings. The summed E-state index contributed by atoms with van der Waals surface area (Å²) < 4.78 is 2.78. The number of nitrogens with zero attached hydrogens (tertiary/aromatic N) is 3. The molecule has 0 aliphatic carbocycles. The molecule has 0 saturated carbocycles. The van der Waals surface area contributed by atoms with Crippen LogP contribution in [0.25, 0.3) is 11.2 Å². The van der Waals surface area contributed by atoms with Gasteiger partial charge in [0, 0.05) is 18.8 Å². The highest BCUT2D eigenvalue weighted by Gasteiger charge is 2.21. The number of aromatic nitrogens is 3. The number of aliphatic hydroxyl groups is 1. The normalized spacial score (nSPS) is 20.8. The molecule has 1 aliphatic heterocycles. The number of imidazole rings is 1. The summed E-state index contributed by atoms with van der Waals surface area (Å²) in [6.07, 6.45) is 7.14. The number of nitrogens with one attached hydrogen (secondary N) is 1. The number of pyridine rings is 1. The molecule has 23 heavy (non-hydrogen) atoms. The molecule has 0 bridgehead atoms. The van der Waals surface area contributed by atoms with Crippen molar-refractivity contribution in [2.45, 2.75) is 44.4 Å². The first kappa shape index (κ1) is 20.9. The van der Waals surface area contributed by atoms with E-state index in [1.54, 1.807) is 12.5 Å². The molecular weight excluding hydrogens is 426 g/mol. The minimum Gasteiger partial charge on any atom is -0.392 e. The summed E-state index contributed by atoms with van der Waals surface area (Å²) >= 11 is 9.57. The molecule has 0 aromatic carbocycles. The van der Waals surface area contributed by atoms with Crippen LogP contribution in [0.1, 0.15) is 25.7 Å². The molecule has 1 saturated heterocycles. The maximum absolute atomic E-state index is 9.95. The van der Waals surface area contributed by atoms with Crippen molar-refractivity contribution >= 4 is 63.5 Å². The van der Waals surface area contributed by atoms with Gasteiger partial charge in [-0.25, -0.2) is 9.97 Å². The van der Waals surface area contributed by atoms with Gasteiger partial charge in [0.25, 0.3) is 0 Å². The maximum atomic E-state index is 9.95. The Labute approximate surface area is 161 Å². The van der Waals surface area contributed by atoms with E-state index in [-0.39, 0.29) is 37.0 Å². The molecule has 2 N–H and O–H groups in total. The molecule has 5 nitrogen and oxygen atoms in total. The average molecular weight is 447 g/mol. The van der Waals surface area contributed by atoms with Crippen molar-refractivity contribution in [2.24, 2.45) is 0 Å². The first-order valence-electron chi connectivity index (χ1n) is 7.23. The van der Waals surface area contributed by atoms with Crippen LogP contribution in [-0.4, -0.2) is 38.3 Å². The number of piperidine rings is 1. The molecule has 2 aromatic heterocycles. The van der Waals surface area contributed by atoms with E-state index < -0.39 is 0 Å². The molecule has 9 heteroatoms. The molecule has 2 aromatic rings. The monoisotopic (exact) mass is 444 g/mol. The zero-order valence-corrected chi connectivity index (χ0v) is 16.4. The van der Waals surface area contributed by atoms with E-state index in [1.165, 1.54) is 0 Å². The second-order valence-corrected chi connectivity index (χ2v) is 6.68. The van der Waals surface area contributed by atoms with Crippen LogP contribution in [0, 0.1) is 0 Å². The molecule has 3 rings (SSSR count). The van der Waals surface area contributed by atoms with Crippen LogP contribution in [0.3, 0.4) is 0 Å². The third-order valence-electron chi connectivity index (χ3n) is 3.99. The minimum atomic E-state index is -0.221. The Morgan fingerprint density at radius 2 is 2.17 bits per heavy atom. The van der Waals surface area contributed by atoms with Crippen LogP contribution in [0.15, 0.2) is 17.0 Å². The van der Waals surface area contributed by atoms with Crippen LogP contribution in [0.4, 0.5) is 0 Å². The summed E-state index contributed by atoms with van der Waals surface area (Å²) in [7, 11) is 0.